The molecule has 6 nitrogen and oxygen atoms in total. The number of carbonyl (C=O) groups excluding carboxylic acids is 1. The summed E-state index contributed by atoms with van der Waals surface area (Å²) in [7, 11) is -2.24. The molecule has 0 spiro atoms. The molecule has 1 N–H and O–H groups in total. The molecule has 0 radical (unpaired) electrons. The first-order valence-corrected chi connectivity index (χ1v) is 13.0. The Balaban J connectivity index is 1.68. The third kappa shape index (κ3) is 6.48. The van der Waals surface area contributed by atoms with E-state index in [0.29, 0.717) is 36.7 Å². The van der Waals surface area contributed by atoms with Crippen LogP contribution >= 0.6 is 11.8 Å². The second kappa shape index (κ2) is 11.0. The fraction of sp³-hybridized carbons (Fsp3) is 0.435. The van der Waals surface area contributed by atoms with Crippen LogP contribution in [-0.2, 0) is 10.0 Å². The molecular formula is C23H30N2O4S2. The van der Waals surface area contributed by atoms with Gasteiger partial charge in [-0.25, -0.2) is 13.1 Å². The summed E-state index contributed by atoms with van der Waals surface area (Å²) in [6.45, 7) is 3.70. The van der Waals surface area contributed by atoms with Crippen LogP contribution in [0.3, 0.4) is 0 Å². The Morgan fingerprint density at radius 1 is 1.06 bits per heavy atom. The van der Waals surface area contributed by atoms with Crippen molar-refractivity contribution in [3.05, 3.63) is 53.6 Å². The molecule has 1 amide bonds. The topological polar surface area (TPSA) is 75.7 Å². The van der Waals surface area contributed by atoms with Crippen LogP contribution in [0.25, 0.3) is 0 Å². The molecule has 2 aromatic rings. The Bertz CT molecular complexity index is 983. The third-order valence-corrected chi connectivity index (χ3v) is 7.76. The van der Waals surface area contributed by atoms with Gasteiger partial charge in [-0.15, -0.1) is 11.8 Å². The Kier molecular flexibility index (Phi) is 8.40. The fourth-order valence-corrected chi connectivity index (χ4v) is 5.48. The van der Waals surface area contributed by atoms with Gasteiger partial charge >= 0.3 is 0 Å². The summed E-state index contributed by atoms with van der Waals surface area (Å²) in [4.78, 5) is 16.1. The van der Waals surface area contributed by atoms with Crippen LogP contribution in [0.4, 0.5) is 0 Å². The van der Waals surface area contributed by atoms with E-state index in [9.17, 15) is 13.2 Å². The number of amides is 1. The minimum atomic E-state index is -3.73. The van der Waals surface area contributed by atoms with E-state index < -0.39 is 10.0 Å². The molecule has 0 aliphatic carbocycles. The van der Waals surface area contributed by atoms with Gasteiger partial charge in [0.25, 0.3) is 5.91 Å². The molecule has 1 saturated heterocycles. The minimum absolute atomic E-state index is 0.0757. The normalized spacial score (nSPS) is 14.8. The molecular weight excluding hydrogens is 432 g/mol. The molecule has 168 valence electrons. The predicted octanol–water partition coefficient (Wildman–Crippen LogP) is 4.09. The summed E-state index contributed by atoms with van der Waals surface area (Å²) in [6, 6.07) is 12.6. The number of nitrogens with one attached hydrogen (secondary N) is 1. The molecule has 1 heterocycles. The first-order valence-electron chi connectivity index (χ1n) is 10.6. The zero-order chi connectivity index (χ0) is 22.3. The van der Waals surface area contributed by atoms with Gasteiger partial charge in [-0.3, -0.25) is 4.79 Å². The zero-order valence-electron chi connectivity index (χ0n) is 18.1. The van der Waals surface area contributed by atoms with Crippen molar-refractivity contribution >= 4 is 27.7 Å². The number of hydrogen-bond acceptors (Lipinski definition) is 5. The summed E-state index contributed by atoms with van der Waals surface area (Å²) in [5.41, 5.74) is 1.48. The number of ether oxygens (including phenoxy) is 1. The van der Waals surface area contributed by atoms with Crippen LogP contribution in [0.15, 0.2) is 52.3 Å². The third-order valence-electron chi connectivity index (χ3n) is 5.29. The number of thioether (sulfide) groups is 1. The van der Waals surface area contributed by atoms with Crippen LogP contribution in [0.2, 0.25) is 0 Å². The summed E-state index contributed by atoms with van der Waals surface area (Å²) >= 11 is 1.59. The van der Waals surface area contributed by atoms with E-state index in [1.54, 1.807) is 22.7 Å². The highest BCUT2D eigenvalue weighted by atomic mass is 32.2. The lowest BCUT2D eigenvalue weighted by Gasteiger charge is -2.22. The molecule has 2 aromatic carbocycles. The quantitative estimate of drug-likeness (QED) is 0.472. The molecule has 1 aliphatic heterocycles. The molecule has 0 aromatic heterocycles. The smallest absolute Gasteiger partial charge is 0.257 e. The van der Waals surface area contributed by atoms with Crippen molar-refractivity contribution in [2.75, 3.05) is 32.5 Å². The SMILES string of the molecule is COc1ccc(S(=O)(=O)NCCSc2ccc(C)cc2)cc1C(=O)N1CCCCCC1. The van der Waals surface area contributed by atoms with Gasteiger partial charge in [-0.05, 0) is 50.1 Å². The van der Waals surface area contributed by atoms with Crippen LogP contribution in [0, 0.1) is 6.92 Å². The highest BCUT2D eigenvalue weighted by Gasteiger charge is 2.24. The Morgan fingerprint density at radius 2 is 1.74 bits per heavy atom. The molecule has 31 heavy (non-hydrogen) atoms. The van der Waals surface area contributed by atoms with Gasteiger partial charge in [0.2, 0.25) is 10.0 Å². The van der Waals surface area contributed by atoms with E-state index in [1.807, 2.05) is 31.2 Å². The average Bonchev–Trinajstić information content (AvgIpc) is 3.06. The largest absolute Gasteiger partial charge is 0.496 e. The number of sulfonamides is 1. The number of rotatable bonds is 8. The predicted molar refractivity (Wildman–Crippen MR) is 124 cm³/mol. The van der Waals surface area contributed by atoms with Gasteiger partial charge in [-0.2, -0.15) is 0 Å². The van der Waals surface area contributed by atoms with Gasteiger partial charge < -0.3 is 9.64 Å². The number of benzene rings is 2. The number of nitrogens with zero attached hydrogens (tertiary/aromatic N) is 1. The molecule has 8 heteroatoms. The molecule has 0 bridgehead atoms. The van der Waals surface area contributed by atoms with E-state index in [1.165, 1.54) is 24.8 Å². The van der Waals surface area contributed by atoms with Gasteiger partial charge in [0.15, 0.2) is 0 Å². The monoisotopic (exact) mass is 462 g/mol. The fourth-order valence-electron chi connectivity index (χ4n) is 3.53. The van der Waals surface area contributed by atoms with Crippen molar-refractivity contribution in [2.24, 2.45) is 0 Å². The van der Waals surface area contributed by atoms with E-state index in [-0.39, 0.29) is 10.8 Å². The summed E-state index contributed by atoms with van der Waals surface area (Å²) < 4.78 is 33.6. The molecule has 1 fully saturated rings. The number of aryl methyl sites for hydroxylation is 1. The molecule has 0 atom stereocenters. The van der Waals surface area contributed by atoms with Crippen molar-refractivity contribution in [3.63, 3.8) is 0 Å². The number of carbonyl (C=O) groups is 1. The van der Waals surface area contributed by atoms with E-state index in [4.69, 9.17) is 4.74 Å². The van der Waals surface area contributed by atoms with Crippen molar-refractivity contribution in [3.8, 4) is 5.75 Å². The first kappa shape index (κ1) is 23.6. The van der Waals surface area contributed by atoms with Crippen LogP contribution in [0.1, 0.15) is 41.6 Å². The van der Waals surface area contributed by atoms with Crippen LogP contribution < -0.4 is 9.46 Å². The maximum Gasteiger partial charge on any atom is 0.257 e. The molecule has 1 aliphatic rings. The van der Waals surface area contributed by atoms with Crippen LogP contribution in [-0.4, -0.2) is 51.7 Å². The Labute approximate surface area is 189 Å². The summed E-state index contributed by atoms with van der Waals surface area (Å²) in [5, 5.41) is 0. The summed E-state index contributed by atoms with van der Waals surface area (Å²) in [6.07, 6.45) is 4.15. The van der Waals surface area contributed by atoms with Crippen molar-refractivity contribution in [2.45, 2.75) is 42.4 Å². The molecule has 0 saturated carbocycles. The lowest BCUT2D eigenvalue weighted by molar-refractivity contribution is 0.0758. The van der Waals surface area contributed by atoms with Gasteiger partial charge in [0, 0.05) is 30.3 Å². The lowest BCUT2D eigenvalue weighted by atomic mass is 10.1. The van der Waals surface area contributed by atoms with Crippen molar-refractivity contribution in [1.29, 1.82) is 0 Å². The van der Waals surface area contributed by atoms with E-state index in [0.717, 1.165) is 30.6 Å². The van der Waals surface area contributed by atoms with Gasteiger partial charge in [0.1, 0.15) is 5.75 Å². The molecule has 3 rings (SSSR count). The van der Waals surface area contributed by atoms with Gasteiger partial charge in [-0.1, -0.05) is 30.5 Å². The minimum Gasteiger partial charge on any atom is -0.496 e. The van der Waals surface area contributed by atoms with Crippen molar-refractivity contribution in [1.82, 2.24) is 9.62 Å². The van der Waals surface area contributed by atoms with E-state index >= 15 is 0 Å². The second-order valence-corrected chi connectivity index (χ2v) is 10.6. The Hall–Kier alpha value is -2.03. The number of hydrogen-bond donors (Lipinski definition) is 1. The Morgan fingerprint density at radius 3 is 2.39 bits per heavy atom. The average molecular weight is 463 g/mol. The van der Waals surface area contributed by atoms with Crippen molar-refractivity contribution < 1.29 is 17.9 Å². The standard InChI is InChI=1S/C23H30N2O4S2/c1-18-7-9-19(10-8-18)30-16-13-24-31(27,28)20-11-12-22(29-2)21(17-20)23(26)25-14-5-3-4-6-15-25/h7-12,17,24H,3-6,13-16H2,1-2H3. The number of methoxy groups -OCH3 is 1. The zero-order valence-corrected chi connectivity index (χ0v) is 19.7. The second-order valence-electron chi connectivity index (χ2n) is 7.63. The van der Waals surface area contributed by atoms with Gasteiger partial charge in [0.05, 0.1) is 17.6 Å². The highest BCUT2D eigenvalue weighted by molar-refractivity contribution is 7.99. The first-order chi connectivity index (χ1) is 14.9. The van der Waals surface area contributed by atoms with E-state index in [2.05, 4.69) is 4.72 Å². The molecule has 0 unspecified atom stereocenters. The summed E-state index contributed by atoms with van der Waals surface area (Å²) in [5.74, 6) is 0.826. The maximum absolute atomic E-state index is 13.1. The van der Waals surface area contributed by atoms with Crippen LogP contribution in [0.5, 0.6) is 5.75 Å². The highest BCUT2D eigenvalue weighted by Crippen LogP contribution is 2.25. The lowest BCUT2D eigenvalue weighted by Crippen LogP contribution is -2.32. The number of likely N-dealkylation sites (tertiary alicyclic amines) is 1. The maximum atomic E-state index is 13.1.